The first-order chi connectivity index (χ1) is 10.1. The van der Waals surface area contributed by atoms with Crippen molar-refractivity contribution in [3.63, 3.8) is 0 Å². The molecule has 0 bridgehead atoms. The predicted molar refractivity (Wildman–Crippen MR) is 86.7 cm³/mol. The molecule has 2 aromatic rings. The highest BCUT2D eigenvalue weighted by atomic mass is 35.5. The van der Waals surface area contributed by atoms with Gasteiger partial charge in [0.2, 0.25) is 0 Å². The van der Waals surface area contributed by atoms with Gasteiger partial charge >= 0.3 is 0 Å². The highest BCUT2D eigenvalue weighted by Gasteiger charge is 2.15. The summed E-state index contributed by atoms with van der Waals surface area (Å²) >= 11 is 12.2. The lowest BCUT2D eigenvalue weighted by Crippen LogP contribution is -2.26. The van der Waals surface area contributed by atoms with Crippen molar-refractivity contribution in [1.82, 2.24) is 10.3 Å². The van der Waals surface area contributed by atoms with E-state index in [0.29, 0.717) is 16.6 Å². The van der Waals surface area contributed by atoms with Gasteiger partial charge in [-0.25, -0.2) is 0 Å². The lowest BCUT2D eigenvalue weighted by Gasteiger charge is -2.21. The first kappa shape index (κ1) is 16.2. The number of pyridine rings is 1. The van der Waals surface area contributed by atoms with Crippen LogP contribution in [0.4, 0.5) is 0 Å². The van der Waals surface area contributed by atoms with E-state index in [9.17, 15) is 5.11 Å². The van der Waals surface area contributed by atoms with Gasteiger partial charge in [-0.2, -0.15) is 0 Å². The summed E-state index contributed by atoms with van der Waals surface area (Å²) in [6.07, 6.45) is 3.63. The fraction of sp³-hybridized carbons (Fsp3) is 0.312. The molecular weight excluding hydrogens is 307 g/mol. The highest BCUT2D eigenvalue weighted by molar-refractivity contribution is 6.35. The van der Waals surface area contributed by atoms with Crippen molar-refractivity contribution in [1.29, 1.82) is 0 Å². The van der Waals surface area contributed by atoms with E-state index in [1.807, 2.05) is 24.3 Å². The minimum atomic E-state index is -0.576. The van der Waals surface area contributed by atoms with E-state index in [2.05, 4.69) is 17.2 Å². The van der Waals surface area contributed by atoms with Crippen molar-refractivity contribution in [2.75, 3.05) is 6.54 Å². The molecule has 0 saturated heterocycles. The van der Waals surface area contributed by atoms with Crippen LogP contribution in [-0.2, 0) is 0 Å². The topological polar surface area (TPSA) is 45.1 Å². The van der Waals surface area contributed by atoms with Gasteiger partial charge in [0.05, 0.1) is 6.10 Å². The number of aliphatic hydroxyl groups is 1. The van der Waals surface area contributed by atoms with Crippen LogP contribution < -0.4 is 5.32 Å². The number of hydrogen-bond donors (Lipinski definition) is 2. The van der Waals surface area contributed by atoms with E-state index in [4.69, 9.17) is 23.2 Å². The van der Waals surface area contributed by atoms with Crippen molar-refractivity contribution in [2.24, 2.45) is 0 Å². The van der Waals surface area contributed by atoms with Crippen molar-refractivity contribution < 1.29 is 5.11 Å². The standard InChI is InChI=1S/C16H18Cl2N2O/c1-2-15(13-4-3-12(17)9-14(13)18)20-10-16(21)11-5-7-19-8-6-11/h3-9,15-16,20-21H,2,10H2,1H3. The minimum absolute atomic E-state index is 0.0752. The SMILES string of the molecule is CCC(NCC(O)c1ccncc1)c1ccc(Cl)cc1Cl. The molecule has 0 spiro atoms. The van der Waals surface area contributed by atoms with Gasteiger partial charge in [-0.3, -0.25) is 4.98 Å². The van der Waals surface area contributed by atoms with E-state index in [1.54, 1.807) is 18.5 Å². The molecule has 0 saturated carbocycles. The monoisotopic (exact) mass is 324 g/mol. The van der Waals surface area contributed by atoms with E-state index in [0.717, 1.165) is 17.5 Å². The maximum Gasteiger partial charge on any atom is 0.0915 e. The second-order valence-electron chi connectivity index (χ2n) is 4.83. The van der Waals surface area contributed by atoms with Crippen molar-refractivity contribution in [2.45, 2.75) is 25.5 Å². The quantitative estimate of drug-likeness (QED) is 0.838. The van der Waals surface area contributed by atoms with Crippen LogP contribution in [0.2, 0.25) is 10.0 Å². The average molecular weight is 325 g/mol. The smallest absolute Gasteiger partial charge is 0.0915 e. The Morgan fingerprint density at radius 3 is 2.52 bits per heavy atom. The van der Waals surface area contributed by atoms with Crippen molar-refractivity contribution in [3.8, 4) is 0 Å². The summed E-state index contributed by atoms with van der Waals surface area (Å²) in [5.74, 6) is 0. The van der Waals surface area contributed by atoms with E-state index in [-0.39, 0.29) is 6.04 Å². The Kier molecular flexibility index (Phi) is 6.00. The summed E-state index contributed by atoms with van der Waals surface area (Å²) in [5, 5.41) is 14.8. The molecule has 0 radical (unpaired) electrons. The maximum atomic E-state index is 10.2. The van der Waals surface area contributed by atoms with Gasteiger partial charge in [0.1, 0.15) is 0 Å². The van der Waals surface area contributed by atoms with Gasteiger partial charge in [-0.15, -0.1) is 0 Å². The molecule has 0 amide bonds. The number of halogens is 2. The maximum absolute atomic E-state index is 10.2. The average Bonchev–Trinajstić information content (AvgIpc) is 2.50. The van der Waals surface area contributed by atoms with E-state index < -0.39 is 6.10 Å². The van der Waals surface area contributed by atoms with Crippen LogP contribution in [0.25, 0.3) is 0 Å². The normalized spacial score (nSPS) is 13.9. The molecule has 1 heterocycles. The van der Waals surface area contributed by atoms with Crippen LogP contribution in [0.5, 0.6) is 0 Å². The Labute approximate surface area is 134 Å². The number of nitrogens with one attached hydrogen (secondary N) is 1. The molecule has 0 fully saturated rings. The Morgan fingerprint density at radius 2 is 1.90 bits per heavy atom. The van der Waals surface area contributed by atoms with Crippen LogP contribution >= 0.6 is 23.2 Å². The molecule has 1 aromatic heterocycles. The molecule has 1 aromatic carbocycles. The summed E-state index contributed by atoms with van der Waals surface area (Å²) in [6.45, 7) is 2.52. The van der Waals surface area contributed by atoms with Gasteiger partial charge in [-0.1, -0.05) is 36.2 Å². The number of aromatic nitrogens is 1. The number of benzene rings is 1. The van der Waals surface area contributed by atoms with Crippen LogP contribution in [0, 0.1) is 0 Å². The number of rotatable bonds is 6. The molecule has 0 aliphatic rings. The second kappa shape index (κ2) is 7.76. The predicted octanol–water partition coefficient (Wildman–Crippen LogP) is 4.16. The lowest BCUT2D eigenvalue weighted by atomic mass is 10.0. The molecule has 0 aliphatic carbocycles. The fourth-order valence-electron chi connectivity index (χ4n) is 2.22. The summed E-state index contributed by atoms with van der Waals surface area (Å²) in [6, 6.07) is 9.18. The van der Waals surface area contributed by atoms with Crippen molar-refractivity contribution >= 4 is 23.2 Å². The number of nitrogens with zero attached hydrogens (tertiary/aromatic N) is 1. The first-order valence-electron chi connectivity index (χ1n) is 6.88. The third-order valence-electron chi connectivity index (χ3n) is 3.39. The second-order valence-corrected chi connectivity index (χ2v) is 5.67. The van der Waals surface area contributed by atoms with Gasteiger partial charge in [0.25, 0.3) is 0 Å². The van der Waals surface area contributed by atoms with E-state index in [1.165, 1.54) is 0 Å². The molecule has 21 heavy (non-hydrogen) atoms. The summed E-state index contributed by atoms with van der Waals surface area (Å²) in [4.78, 5) is 3.95. The first-order valence-corrected chi connectivity index (χ1v) is 7.63. The molecule has 3 nitrogen and oxygen atoms in total. The number of aliphatic hydroxyl groups excluding tert-OH is 1. The third-order valence-corrected chi connectivity index (χ3v) is 3.96. The van der Waals surface area contributed by atoms with Crippen LogP contribution in [0.3, 0.4) is 0 Å². The van der Waals surface area contributed by atoms with Crippen molar-refractivity contribution in [3.05, 3.63) is 63.9 Å². The van der Waals surface area contributed by atoms with Gasteiger partial charge in [0, 0.05) is 35.0 Å². The zero-order chi connectivity index (χ0) is 15.2. The van der Waals surface area contributed by atoms with Gasteiger partial charge in [-0.05, 0) is 41.8 Å². The molecular formula is C16H18Cl2N2O. The Balaban J connectivity index is 2.03. The summed E-state index contributed by atoms with van der Waals surface area (Å²) < 4.78 is 0. The zero-order valence-electron chi connectivity index (χ0n) is 11.8. The highest BCUT2D eigenvalue weighted by Crippen LogP contribution is 2.28. The molecule has 2 unspecified atom stereocenters. The zero-order valence-corrected chi connectivity index (χ0v) is 13.3. The molecule has 2 N–H and O–H groups in total. The third kappa shape index (κ3) is 4.42. The number of hydrogen-bond acceptors (Lipinski definition) is 3. The van der Waals surface area contributed by atoms with Crippen LogP contribution in [-0.4, -0.2) is 16.6 Å². The molecule has 2 atom stereocenters. The van der Waals surface area contributed by atoms with E-state index >= 15 is 0 Å². The Hall–Kier alpha value is -1.13. The Morgan fingerprint density at radius 1 is 1.19 bits per heavy atom. The van der Waals surface area contributed by atoms with Gasteiger partial charge in [0.15, 0.2) is 0 Å². The molecule has 112 valence electrons. The fourth-order valence-corrected chi connectivity index (χ4v) is 2.76. The largest absolute Gasteiger partial charge is 0.387 e. The van der Waals surface area contributed by atoms with Crippen LogP contribution in [0.15, 0.2) is 42.7 Å². The molecule has 2 rings (SSSR count). The lowest BCUT2D eigenvalue weighted by molar-refractivity contribution is 0.169. The summed E-state index contributed by atoms with van der Waals surface area (Å²) in [7, 11) is 0. The molecule has 5 heteroatoms. The minimum Gasteiger partial charge on any atom is -0.387 e. The Bertz CT molecular complexity index is 578. The molecule has 0 aliphatic heterocycles. The summed E-state index contributed by atoms with van der Waals surface area (Å²) in [5.41, 5.74) is 1.83. The van der Waals surface area contributed by atoms with Gasteiger partial charge < -0.3 is 10.4 Å². The van der Waals surface area contributed by atoms with Crippen LogP contribution in [0.1, 0.15) is 36.6 Å².